The predicted octanol–water partition coefficient (Wildman–Crippen LogP) is 3.76. The number of aromatic nitrogens is 1. The fourth-order valence-corrected chi connectivity index (χ4v) is 2.51. The van der Waals surface area contributed by atoms with Gasteiger partial charge in [-0.15, -0.1) is 11.3 Å². The van der Waals surface area contributed by atoms with Crippen molar-refractivity contribution < 1.29 is 9.66 Å². The number of nitro benzene ring substituents is 1. The molecule has 112 valence electrons. The van der Waals surface area contributed by atoms with Gasteiger partial charge in [0, 0.05) is 28.9 Å². The zero-order chi connectivity index (χ0) is 15.4. The standard InChI is InChI=1S/C14H17N3O3S/c1-9(2)20-13-6-11(4-5-12(13)17(18)19)15-8-14-16-7-10(3)21-14/h4-7,9,15H,8H2,1-3H3. The largest absolute Gasteiger partial charge is 0.484 e. The number of thiazole rings is 1. The van der Waals surface area contributed by atoms with Crippen LogP contribution in [0.15, 0.2) is 24.4 Å². The summed E-state index contributed by atoms with van der Waals surface area (Å²) in [5.41, 5.74) is 0.739. The van der Waals surface area contributed by atoms with Crippen LogP contribution in [0.3, 0.4) is 0 Å². The monoisotopic (exact) mass is 307 g/mol. The maximum Gasteiger partial charge on any atom is 0.311 e. The van der Waals surface area contributed by atoms with E-state index in [2.05, 4.69) is 10.3 Å². The van der Waals surface area contributed by atoms with E-state index in [1.165, 1.54) is 6.07 Å². The summed E-state index contributed by atoms with van der Waals surface area (Å²) in [6.45, 7) is 6.25. The molecule has 0 spiro atoms. The van der Waals surface area contributed by atoms with Gasteiger partial charge in [-0.25, -0.2) is 4.98 Å². The Morgan fingerprint density at radius 3 is 2.81 bits per heavy atom. The molecule has 0 unspecified atom stereocenters. The van der Waals surface area contributed by atoms with Gasteiger partial charge in [-0.2, -0.15) is 0 Å². The maximum absolute atomic E-state index is 11.0. The molecule has 0 radical (unpaired) electrons. The van der Waals surface area contributed by atoms with Crippen molar-refractivity contribution in [3.05, 3.63) is 44.4 Å². The Bertz CT molecular complexity index is 640. The highest BCUT2D eigenvalue weighted by molar-refractivity contribution is 7.11. The van der Waals surface area contributed by atoms with Crippen LogP contribution in [0.4, 0.5) is 11.4 Å². The van der Waals surface area contributed by atoms with Gasteiger partial charge in [-0.05, 0) is 26.8 Å². The van der Waals surface area contributed by atoms with Gasteiger partial charge < -0.3 is 10.1 Å². The third-order valence-electron chi connectivity index (χ3n) is 2.63. The number of nitrogens with zero attached hydrogens (tertiary/aromatic N) is 2. The van der Waals surface area contributed by atoms with E-state index in [9.17, 15) is 10.1 Å². The minimum absolute atomic E-state index is 0.0284. The predicted molar refractivity (Wildman–Crippen MR) is 83.0 cm³/mol. The van der Waals surface area contributed by atoms with Crippen molar-refractivity contribution in [1.29, 1.82) is 0 Å². The third kappa shape index (κ3) is 4.16. The molecule has 1 heterocycles. The lowest BCUT2D eigenvalue weighted by molar-refractivity contribution is -0.386. The van der Waals surface area contributed by atoms with Crippen LogP contribution in [0.5, 0.6) is 5.75 Å². The minimum Gasteiger partial charge on any atom is -0.484 e. The molecule has 0 aliphatic carbocycles. The van der Waals surface area contributed by atoms with Crippen molar-refractivity contribution >= 4 is 22.7 Å². The smallest absolute Gasteiger partial charge is 0.311 e. The summed E-state index contributed by atoms with van der Waals surface area (Å²) in [5, 5.41) is 15.2. The molecule has 0 amide bonds. The normalized spacial score (nSPS) is 10.7. The molecular weight excluding hydrogens is 290 g/mol. The lowest BCUT2D eigenvalue weighted by atomic mass is 10.2. The van der Waals surface area contributed by atoms with Crippen LogP contribution in [0.25, 0.3) is 0 Å². The second kappa shape index (κ2) is 6.53. The molecule has 0 bridgehead atoms. The molecule has 0 atom stereocenters. The lowest BCUT2D eigenvalue weighted by Gasteiger charge is -2.12. The zero-order valence-electron chi connectivity index (χ0n) is 12.1. The van der Waals surface area contributed by atoms with Gasteiger partial charge in [-0.1, -0.05) is 0 Å². The molecular formula is C14H17N3O3S. The number of benzene rings is 1. The second-order valence-electron chi connectivity index (χ2n) is 4.82. The fourth-order valence-electron chi connectivity index (χ4n) is 1.78. The number of hydrogen-bond donors (Lipinski definition) is 1. The molecule has 0 aliphatic heterocycles. The Labute approximate surface area is 126 Å². The Morgan fingerprint density at radius 2 is 2.24 bits per heavy atom. The molecule has 2 aromatic rings. The summed E-state index contributed by atoms with van der Waals surface area (Å²) < 4.78 is 5.51. The Kier molecular flexibility index (Phi) is 4.74. The molecule has 0 saturated heterocycles. The van der Waals surface area contributed by atoms with Gasteiger partial charge in [0.1, 0.15) is 5.01 Å². The first-order valence-electron chi connectivity index (χ1n) is 6.56. The van der Waals surface area contributed by atoms with Crippen LogP contribution in [0, 0.1) is 17.0 Å². The highest BCUT2D eigenvalue weighted by atomic mass is 32.1. The number of aryl methyl sites for hydroxylation is 1. The highest BCUT2D eigenvalue weighted by Gasteiger charge is 2.16. The SMILES string of the molecule is Cc1cnc(CNc2ccc([N+](=O)[O-])c(OC(C)C)c2)s1. The van der Waals surface area contributed by atoms with Crippen molar-refractivity contribution in [3.63, 3.8) is 0 Å². The molecule has 1 aromatic heterocycles. The van der Waals surface area contributed by atoms with Crippen molar-refractivity contribution in [1.82, 2.24) is 4.98 Å². The Hall–Kier alpha value is -2.15. The van der Waals surface area contributed by atoms with Crippen LogP contribution in [0.2, 0.25) is 0 Å². The van der Waals surface area contributed by atoms with Crippen LogP contribution < -0.4 is 10.1 Å². The summed E-state index contributed by atoms with van der Waals surface area (Å²) in [5.74, 6) is 0.273. The van der Waals surface area contributed by atoms with Crippen molar-refractivity contribution in [2.75, 3.05) is 5.32 Å². The molecule has 7 heteroatoms. The van der Waals surface area contributed by atoms with Gasteiger partial charge >= 0.3 is 5.69 Å². The summed E-state index contributed by atoms with van der Waals surface area (Å²) in [4.78, 5) is 16.0. The van der Waals surface area contributed by atoms with E-state index in [-0.39, 0.29) is 17.5 Å². The van der Waals surface area contributed by atoms with Gasteiger partial charge in [0.05, 0.1) is 17.6 Å². The highest BCUT2D eigenvalue weighted by Crippen LogP contribution is 2.31. The van der Waals surface area contributed by atoms with Crippen LogP contribution >= 0.6 is 11.3 Å². The van der Waals surface area contributed by atoms with Crippen LogP contribution in [-0.2, 0) is 6.54 Å². The lowest BCUT2D eigenvalue weighted by Crippen LogP contribution is -2.08. The quantitative estimate of drug-likeness (QED) is 0.649. The fraction of sp³-hybridized carbons (Fsp3) is 0.357. The first kappa shape index (κ1) is 15.2. The maximum atomic E-state index is 11.0. The van der Waals surface area contributed by atoms with Crippen molar-refractivity contribution in [3.8, 4) is 5.75 Å². The minimum atomic E-state index is -0.439. The summed E-state index contributed by atoms with van der Waals surface area (Å²) in [7, 11) is 0. The van der Waals surface area contributed by atoms with Gasteiger partial charge in [0.25, 0.3) is 0 Å². The van der Waals surface area contributed by atoms with E-state index in [1.54, 1.807) is 23.5 Å². The number of rotatable bonds is 6. The van der Waals surface area contributed by atoms with E-state index in [0.29, 0.717) is 6.54 Å². The first-order valence-corrected chi connectivity index (χ1v) is 7.37. The number of anilines is 1. The summed E-state index contributed by atoms with van der Waals surface area (Å²) in [6, 6.07) is 4.78. The number of ether oxygens (including phenoxy) is 1. The number of nitrogens with one attached hydrogen (secondary N) is 1. The van der Waals surface area contributed by atoms with E-state index in [4.69, 9.17) is 4.74 Å². The average Bonchev–Trinajstić information content (AvgIpc) is 2.81. The van der Waals surface area contributed by atoms with Crippen LogP contribution in [0.1, 0.15) is 23.7 Å². The second-order valence-corrected chi connectivity index (χ2v) is 6.14. The molecule has 6 nitrogen and oxygen atoms in total. The average molecular weight is 307 g/mol. The molecule has 0 aliphatic rings. The molecule has 0 saturated carbocycles. The molecule has 21 heavy (non-hydrogen) atoms. The van der Waals surface area contributed by atoms with Gasteiger partial charge in [0.15, 0.2) is 5.75 Å². The van der Waals surface area contributed by atoms with Crippen LogP contribution in [-0.4, -0.2) is 16.0 Å². The van der Waals surface area contributed by atoms with Gasteiger partial charge in [-0.3, -0.25) is 10.1 Å². The molecule has 1 aromatic carbocycles. The van der Waals surface area contributed by atoms with Crippen molar-refractivity contribution in [2.24, 2.45) is 0 Å². The zero-order valence-corrected chi connectivity index (χ0v) is 12.9. The third-order valence-corrected chi connectivity index (χ3v) is 3.54. The number of hydrogen-bond acceptors (Lipinski definition) is 6. The number of nitro groups is 1. The Balaban J connectivity index is 2.14. The van der Waals surface area contributed by atoms with E-state index in [1.807, 2.05) is 27.0 Å². The van der Waals surface area contributed by atoms with E-state index in [0.717, 1.165) is 15.6 Å². The molecule has 1 N–H and O–H groups in total. The van der Waals surface area contributed by atoms with Gasteiger partial charge in [0.2, 0.25) is 0 Å². The first-order chi connectivity index (χ1) is 9.95. The topological polar surface area (TPSA) is 77.3 Å². The summed E-state index contributed by atoms with van der Waals surface area (Å²) >= 11 is 1.62. The summed E-state index contributed by atoms with van der Waals surface area (Å²) in [6.07, 6.45) is 1.70. The van der Waals surface area contributed by atoms with E-state index < -0.39 is 4.92 Å². The molecule has 0 fully saturated rings. The van der Waals surface area contributed by atoms with Crippen molar-refractivity contribution in [2.45, 2.75) is 33.4 Å². The molecule has 2 rings (SSSR count). The Morgan fingerprint density at radius 1 is 1.48 bits per heavy atom. The van der Waals surface area contributed by atoms with E-state index >= 15 is 0 Å².